The number of esters is 1. The van der Waals surface area contributed by atoms with E-state index in [0.717, 1.165) is 16.3 Å². The van der Waals surface area contributed by atoms with Crippen LogP contribution in [-0.4, -0.2) is 16.2 Å². The summed E-state index contributed by atoms with van der Waals surface area (Å²) in [6.45, 7) is 0. The predicted molar refractivity (Wildman–Crippen MR) is 123 cm³/mol. The van der Waals surface area contributed by atoms with Gasteiger partial charge in [0.2, 0.25) is 0 Å². The Morgan fingerprint density at radius 2 is 1.18 bits per heavy atom. The maximum atomic E-state index is 13.1. The van der Waals surface area contributed by atoms with Crippen molar-refractivity contribution < 1.29 is 24.5 Å². The Hall–Kier alpha value is -4.51. The molecule has 158 valence electrons. The monoisotopic (exact) mass is 432 g/mol. The van der Waals surface area contributed by atoms with Crippen LogP contribution in [0, 0.1) is 0 Å². The van der Waals surface area contributed by atoms with Crippen molar-refractivity contribution in [2.75, 3.05) is 0 Å². The highest BCUT2D eigenvalue weighted by molar-refractivity contribution is 6.01. The molecular formula is C28H16O5. The number of fused-ring (bicyclic) bond motifs is 10. The summed E-state index contributed by atoms with van der Waals surface area (Å²) >= 11 is 0. The van der Waals surface area contributed by atoms with E-state index >= 15 is 0 Å². The molecule has 0 fully saturated rings. The summed E-state index contributed by atoms with van der Waals surface area (Å²) in [7, 11) is 0. The van der Waals surface area contributed by atoms with Crippen LogP contribution in [0.3, 0.4) is 0 Å². The molecule has 0 amide bonds. The van der Waals surface area contributed by atoms with Crippen LogP contribution in [0.25, 0.3) is 21.5 Å². The largest absolute Gasteiger partial charge is 0.508 e. The number of benzene rings is 5. The highest BCUT2D eigenvalue weighted by atomic mass is 16.6. The lowest BCUT2D eigenvalue weighted by Crippen LogP contribution is -2.33. The van der Waals surface area contributed by atoms with Crippen molar-refractivity contribution in [3.05, 3.63) is 107 Å². The van der Waals surface area contributed by atoms with Gasteiger partial charge >= 0.3 is 5.97 Å². The Balaban J connectivity index is 1.68. The van der Waals surface area contributed by atoms with Gasteiger partial charge in [0, 0.05) is 27.5 Å². The molecule has 2 heterocycles. The third-order valence-corrected chi connectivity index (χ3v) is 6.65. The number of aromatic hydroxyl groups is 2. The lowest BCUT2D eigenvalue weighted by Gasteiger charge is -2.37. The molecule has 0 aliphatic carbocycles. The van der Waals surface area contributed by atoms with Gasteiger partial charge in [-0.05, 0) is 53.2 Å². The summed E-state index contributed by atoms with van der Waals surface area (Å²) in [5, 5.41) is 23.6. The first-order valence-corrected chi connectivity index (χ1v) is 10.6. The number of carbonyl (C=O) groups is 1. The molecule has 5 heteroatoms. The molecule has 0 aromatic heterocycles. The number of phenols is 2. The van der Waals surface area contributed by atoms with Crippen molar-refractivity contribution in [1.29, 1.82) is 0 Å². The average Bonchev–Trinajstić information content (AvgIpc) is 3.12. The van der Waals surface area contributed by atoms with Crippen LogP contribution < -0.4 is 4.74 Å². The first kappa shape index (κ1) is 18.1. The highest BCUT2D eigenvalue weighted by Gasteiger charge is 2.54. The maximum absolute atomic E-state index is 13.1. The van der Waals surface area contributed by atoms with Crippen LogP contribution >= 0.6 is 0 Å². The van der Waals surface area contributed by atoms with Crippen LogP contribution in [0.15, 0.2) is 84.9 Å². The molecule has 2 N–H and O–H groups in total. The summed E-state index contributed by atoms with van der Waals surface area (Å²) in [4.78, 5) is 13.1. The molecule has 0 atom stereocenters. The van der Waals surface area contributed by atoms with Crippen molar-refractivity contribution in [3.63, 3.8) is 0 Å². The van der Waals surface area contributed by atoms with E-state index in [4.69, 9.17) is 9.47 Å². The zero-order valence-corrected chi connectivity index (χ0v) is 17.2. The third-order valence-electron chi connectivity index (χ3n) is 6.65. The van der Waals surface area contributed by atoms with E-state index in [1.54, 1.807) is 30.3 Å². The lowest BCUT2D eigenvalue weighted by atomic mass is 9.76. The van der Waals surface area contributed by atoms with E-state index in [-0.39, 0.29) is 11.5 Å². The summed E-state index contributed by atoms with van der Waals surface area (Å²) in [5.41, 5.74) is 1.40. The molecule has 5 aromatic carbocycles. The van der Waals surface area contributed by atoms with Gasteiger partial charge in [0.15, 0.2) is 5.60 Å². The minimum atomic E-state index is -1.21. The van der Waals surface area contributed by atoms with Gasteiger partial charge in [-0.2, -0.15) is 0 Å². The van der Waals surface area contributed by atoms with Gasteiger partial charge < -0.3 is 19.7 Å². The van der Waals surface area contributed by atoms with Crippen LogP contribution in [0.2, 0.25) is 0 Å². The average molecular weight is 432 g/mol. The quantitative estimate of drug-likeness (QED) is 0.295. The van der Waals surface area contributed by atoms with Crippen LogP contribution in [-0.2, 0) is 10.3 Å². The number of rotatable bonds is 0. The third kappa shape index (κ3) is 2.23. The molecule has 1 spiro atoms. The van der Waals surface area contributed by atoms with E-state index in [1.165, 1.54) is 0 Å². The number of hydrogen-bond donors (Lipinski definition) is 2. The zero-order valence-electron chi connectivity index (χ0n) is 17.2. The van der Waals surface area contributed by atoms with Crippen LogP contribution in [0.4, 0.5) is 0 Å². The number of hydrogen-bond acceptors (Lipinski definition) is 5. The maximum Gasteiger partial charge on any atom is 0.340 e. The van der Waals surface area contributed by atoms with Gasteiger partial charge in [-0.3, -0.25) is 0 Å². The van der Waals surface area contributed by atoms with Gasteiger partial charge in [-0.25, -0.2) is 4.79 Å². The lowest BCUT2D eigenvalue weighted by molar-refractivity contribution is 0.0226. The number of ether oxygens (including phenoxy) is 2. The fourth-order valence-corrected chi connectivity index (χ4v) is 5.20. The smallest absolute Gasteiger partial charge is 0.340 e. The Morgan fingerprint density at radius 3 is 1.79 bits per heavy atom. The molecule has 33 heavy (non-hydrogen) atoms. The topological polar surface area (TPSA) is 76.0 Å². The highest BCUT2D eigenvalue weighted by Crippen LogP contribution is 2.59. The Morgan fingerprint density at radius 1 is 0.636 bits per heavy atom. The van der Waals surface area contributed by atoms with Crippen LogP contribution in [0.5, 0.6) is 23.0 Å². The zero-order chi connectivity index (χ0) is 22.3. The molecule has 0 radical (unpaired) electrons. The van der Waals surface area contributed by atoms with Crippen molar-refractivity contribution in [2.24, 2.45) is 0 Å². The van der Waals surface area contributed by atoms with E-state index in [0.29, 0.717) is 39.0 Å². The Bertz CT molecular complexity index is 1580. The van der Waals surface area contributed by atoms with E-state index in [1.807, 2.05) is 54.6 Å². The van der Waals surface area contributed by atoms with Crippen molar-refractivity contribution in [1.82, 2.24) is 0 Å². The summed E-state index contributed by atoms with van der Waals surface area (Å²) < 4.78 is 12.8. The minimum absolute atomic E-state index is 0.110. The van der Waals surface area contributed by atoms with Crippen molar-refractivity contribution in [2.45, 2.75) is 5.60 Å². The molecule has 2 aliphatic heterocycles. The van der Waals surface area contributed by atoms with Crippen molar-refractivity contribution >= 4 is 27.5 Å². The van der Waals surface area contributed by atoms with E-state index < -0.39 is 11.6 Å². The standard InChI is InChI=1S/C28H16O5/c29-17-9-5-15-7-11-23-25(20(15)13-17)32-26-21-14-18(30)10-6-16(21)8-12-24(26)28(23)22-4-2-1-3-19(22)27(31)33-28/h1-14,29-30H. The fraction of sp³-hybridized carbons (Fsp3) is 0.0357. The first-order chi connectivity index (χ1) is 16.1. The molecule has 0 unspecified atom stereocenters. The first-order valence-electron chi connectivity index (χ1n) is 10.6. The molecule has 5 nitrogen and oxygen atoms in total. The second-order valence-corrected chi connectivity index (χ2v) is 8.41. The number of carbonyl (C=O) groups excluding carboxylic acids is 1. The molecule has 7 rings (SSSR count). The summed E-state index contributed by atoms with van der Waals surface area (Å²) in [6.07, 6.45) is 0. The Kier molecular flexibility index (Phi) is 3.32. The normalized spacial score (nSPS) is 15.1. The van der Waals surface area contributed by atoms with E-state index in [2.05, 4.69) is 0 Å². The van der Waals surface area contributed by atoms with Gasteiger partial charge in [-0.15, -0.1) is 0 Å². The Labute approximate surface area is 188 Å². The van der Waals surface area contributed by atoms with Gasteiger partial charge in [0.05, 0.1) is 5.56 Å². The molecular weight excluding hydrogens is 416 g/mol. The van der Waals surface area contributed by atoms with Crippen molar-refractivity contribution in [3.8, 4) is 23.0 Å². The molecule has 0 saturated carbocycles. The summed E-state index contributed by atoms with van der Waals surface area (Å²) in [5.74, 6) is 0.835. The minimum Gasteiger partial charge on any atom is -0.508 e. The molecule has 2 aliphatic rings. The van der Waals surface area contributed by atoms with E-state index in [9.17, 15) is 15.0 Å². The second kappa shape index (κ2) is 6.04. The van der Waals surface area contributed by atoms with Gasteiger partial charge in [0.25, 0.3) is 0 Å². The molecule has 0 saturated heterocycles. The number of phenolic OH excluding ortho intramolecular Hbond substituents is 2. The van der Waals surface area contributed by atoms with Gasteiger partial charge in [0.1, 0.15) is 23.0 Å². The SMILES string of the molecule is O=C1OC2(c3ccccc31)c1ccc3ccc(O)cc3c1Oc1c2ccc2ccc(O)cc12. The molecule has 5 aromatic rings. The second-order valence-electron chi connectivity index (χ2n) is 8.41. The predicted octanol–water partition coefficient (Wildman–Crippen LogP) is 5.97. The molecule has 0 bridgehead atoms. The van der Waals surface area contributed by atoms with Gasteiger partial charge in [-0.1, -0.05) is 42.5 Å². The van der Waals surface area contributed by atoms with Crippen LogP contribution in [0.1, 0.15) is 27.0 Å². The fourth-order valence-electron chi connectivity index (χ4n) is 5.20. The summed E-state index contributed by atoms with van der Waals surface area (Å²) in [6, 6.07) is 25.3.